The van der Waals surface area contributed by atoms with Crippen molar-refractivity contribution in [2.24, 2.45) is 0 Å². The van der Waals surface area contributed by atoms with E-state index < -0.39 is 5.97 Å². The quantitative estimate of drug-likeness (QED) is 0.621. The van der Waals surface area contributed by atoms with E-state index in [0.29, 0.717) is 34.9 Å². The molecule has 3 rings (SSSR count). The molecule has 26 heavy (non-hydrogen) atoms. The summed E-state index contributed by atoms with van der Waals surface area (Å²) in [6.07, 6.45) is 0.965. The number of hydrogen-bond donors (Lipinski definition) is 1. The van der Waals surface area contributed by atoms with E-state index in [1.165, 1.54) is 0 Å². The van der Waals surface area contributed by atoms with Crippen molar-refractivity contribution < 1.29 is 23.9 Å². The number of amides is 1. The van der Waals surface area contributed by atoms with E-state index in [0.717, 1.165) is 5.56 Å². The van der Waals surface area contributed by atoms with Crippen molar-refractivity contribution >= 4 is 34.9 Å². The molecule has 2 aromatic rings. The Morgan fingerprint density at radius 3 is 2.69 bits per heavy atom. The predicted molar refractivity (Wildman–Crippen MR) is 95.6 cm³/mol. The van der Waals surface area contributed by atoms with E-state index in [1.54, 1.807) is 42.5 Å². The summed E-state index contributed by atoms with van der Waals surface area (Å²) in [5, 5.41) is 3.14. The molecule has 2 aromatic carbocycles. The molecule has 1 heterocycles. The predicted octanol–water partition coefficient (Wildman–Crippen LogP) is 3.03. The number of halogens is 1. The smallest absolute Gasteiger partial charge is 0.344 e. The van der Waals surface area contributed by atoms with E-state index in [-0.39, 0.29) is 24.9 Å². The van der Waals surface area contributed by atoms with Gasteiger partial charge in [0.1, 0.15) is 5.75 Å². The van der Waals surface area contributed by atoms with Crippen LogP contribution in [-0.2, 0) is 20.7 Å². The monoisotopic (exact) mass is 373 g/mol. The van der Waals surface area contributed by atoms with Gasteiger partial charge in [-0.05, 0) is 42.3 Å². The van der Waals surface area contributed by atoms with Gasteiger partial charge in [-0.15, -0.1) is 0 Å². The molecule has 1 aliphatic heterocycles. The molecule has 7 heteroatoms. The van der Waals surface area contributed by atoms with Gasteiger partial charge in [-0.1, -0.05) is 23.7 Å². The molecule has 6 nitrogen and oxygen atoms in total. The molecule has 0 spiro atoms. The van der Waals surface area contributed by atoms with Gasteiger partial charge in [-0.2, -0.15) is 0 Å². The van der Waals surface area contributed by atoms with Gasteiger partial charge in [0.15, 0.2) is 19.0 Å². The number of aryl methyl sites for hydroxylation is 1. The Morgan fingerprint density at radius 2 is 1.88 bits per heavy atom. The number of Topliss-reactive ketones (excluding diaryl/α,β-unsaturated/α-hetero) is 1. The standard InChI is InChI=1S/C19H16ClNO5/c20-14-3-1-2-4-17(14)25-11-19(24)26-10-16(22)13-5-7-15-12(9-13)6-8-18(23)21-15/h1-5,7,9H,6,8,10-11H2,(H,21,23). The van der Waals surface area contributed by atoms with Crippen LogP contribution >= 0.6 is 11.6 Å². The van der Waals surface area contributed by atoms with Crippen molar-refractivity contribution in [2.75, 3.05) is 18.5 Å². The number of carbonyl (C=O) groups is 3. The molecule has 1 N–H and O–H groups in total. The third kappa shape index (κ3) is 4.40. The van der Waals surface area contributed by atoms with Crippen molar-refractivity contribution in [1.29, 1.82) is 0 Å². The number of carbonyl (C=O) groups excluding carboxylic acids is 3. The molecule has 0 atom stereocenters. The van der Waals surface area contributed by atoms with Crippen molar-refractivity contribution in [2.45, 2.75) is 12.8 Å². The van der Waals surface area contributed by atoms with Crippen LogP contribution in [-0.4, -0.2) is 30.9 Å². The van der Waals surface area contributed by atoms with Crippen molar-refractivity contribution in [1.82, 2.24) is 0 Å². The van der Waals surface area contributed by atoms with Crippen LogP contribution in [0.2, 0.25) is 5.02 Å². The average molecular weight is 374 g/mol. The Morgan fingerprint density at radius 1 is 1.08 bits per heavy atom. The van der Waals surface area contributed by atoms with Crippen LogP contribution in [0, 0.1) is 0 Å². The first-order valence-corrected chi connectivity index (χ1v) is 8.39. The number of ether oxygens (including phenoxy) is 2. The second kappa shape index (κ2) is 8.01. The molecule has 0 aliphatic carbocycles. The first kappa shape index (κ1) is 17.9. The van der Waals surface area contributed by atoms with Crippen LogP contribution in [0.15, 0.2) is 42.5 Å². The van der Waals surface area contributed by atoms with E-state index in [2.05, 4.69) is 5.32 Å². The second-order valence-corrected chi connectivity index (χ2v) is 6.13. The van der Waals surface area contributed by atoms with Gasteiger partial charge in [0.05, 0.1) is 5.02 Å². The topological polar surface area (TPSA) is 81.7 Å². The molecule has 0 saturated carbocycles. The molecule has 1 aliphatic rings. The van der Waals surface area contributed by atoms with Crippen LogP contribution < -0.4 is 10.1 Å². The van der Waals surface area contributed by atoms with Gasteiger partial charge in [-0.25, -0.2) is 4.79 Å². The third-order valence-electron chi connectivity index (χ3n) is 3.87. The third-order valence-corrected chi connectivity index (χ3v) is 4.18. The Bertz CT molecular complexity index is 865. The zero-order valence-corrected chi connectivity index (χ0v) is 14.5. The average Bonchev–Trinajstić information content (AvgIpc) is 2.65. The van der Waals surface area contributed by atoms with Gasteiger partial charge in [0, 0.05) is 17.7 Å². The highest BCUT2D eigenvalue weighted by atomic mass is 35.5. The highest BCUT2D eigenvalue weighted by Gasteiger charge is 2.17. The zero-order chi connectivity index (χ0) is 18.5. The zero-order valence-electron chi connectivity index (χ0n) is 13.8. The fourth-order valence-corrected chi connectivity index (χ4v) is 2.72. The summed E-state index contributed by atoms with van der Waals surface area (Å²) in [6.45, 7) is -0.719. The van der Waals surface area contributed by atoms with Crippen molar-refractivity contribution in [3.63, 3.8) is 0 Å². The summed E-state index contributed by atoms with van der Waals surface area (Å²) in [5.41, 5.74) is 2.03. The summed E-state index contributed by atoms with van der Waals surface area (Å²) in [7, 11) is 0. The molecular formula is C19H16ClNO5. The lowest BCUT2D eigenvalue weighted by atomic mass is 9.99. The summed E-state index contributed by atoms with van der Waals surface area (Å²) in [6, 6.07) is 11.7. The fraction of sp³-hybridized carbons (Fsp3) is 0.211. The number of anilines is 1. The lowest BCUT2D eigenvalue weighted by molar-refractivity contribution is -0.144. The van der Waals surface area contributed by atoms with Crippen molar-refractivity contribution in [3.8, 4) is 5.75 Å². The summed E-state index contributed by atoms with van der Waals surface area (Å²) >= 11 is 5.92. The number of rotatable bonds is 6. The van der Waals surface area contributed by atoms with Crippen LogP contribution in [0.3, 0.4) is 0 Å². The molecule has 0 radical (unpaired) electrons. The number of ketones is 1. The fourth-order valence-electron chi connectivity index (χ4n) is 2.53. The molecule has 0 bridgehead atoms. The minimum Gasteiger partial charge on any atom is -0.480 e. The van der Waals surface area contributed by atoms with Gasteiger partial charge < -0.3 is 14.8 Å². The number of esters is 1. The van der Waals surface area contributed by atoms with Crippen LogP contribution in [0.5, 0.6) is 5.75 Å². The Labute approximate surface area is 155 Å². The highest BCUT2D eigenvalue weighted by Crippen LogP contribution is 2.24. The SMILES string of the molecule is O=C1CCc2cc(C(=O)COC(=O)COc3ccccc3Cl)ccc2N1. The number of hydrogen-bond acceptors (Lipinski definition) is 5. The Kier molecular flexibility index (Phi) is 5.53. The van der Waals surface area contributed by atoms with Crippen LogP contribution in [0.4, 0.5) is 5.69 Å². The number of para-hydroxylation sites is 1. The lowest BCUT2D eigenvalue weighted by Gasteiger charge is -2.17. The summed E-state index contributed by atoms with van der Waals surface area (Å²) in [5.74, 6) is -0.655. The number of fused-ring (bicyclic) bond motifs is 1. The Hall–Kier alpha value is -2.86. The normalized spacial score (nSPS) is 12.7. The first-order chi connectivity index (χ1) is 12.5. The lowest BCUT2D eigenvalue weighted by Crippen LogP contribution is -2.21. The number of nitrogens with one attached hydrogen (secondary N) is 1. The molecule has 0 unspecified atom stereocenters. The maximum Gasteiger partial charge on any atom is 0.344 e. The maximum atomic E-state index is 12.2. The molecule has 1 amide bonds. The van der Waals surface area contributed by atoms with Gasteiger partial charge in [0.2, 0.25) is 5.91 Å². The number of benzene rings is 2. The van der Waals surface area contributed by atoms with Crippen molar-refractivity contribution in [3.05, 3.63) is 58.6 Å². The molecular weight excluding hydrogens is 358 g/mol. The van der Waals surface area contributed by atoms with E-state index in [1.807, 2.05) is 0 Å². The molecule has 0 fully saturated rings. The largest absolute Gasteiger partial charge is 0.480 e. The van der Waals surface area contributed by atoms with E-state index >= 15 is 0 Å². The van der Waals surface area contributed by atoms with E-state index in [9.17, 15) is 14.4 Å². The van der Waals surface area contributed by atoms with Gasteiger partial charge in [0.25, 0.3) is 0 Å². The Balaban J connectivity index is 1.51. The summed E-state index contributed by atoms with van der Waals surface area (Å²) in [4.78, 5) is 35.3. The summed E-state index contributed by atoms with van der Waals surface area (Å²) < 4.78 is 10.2. The van der Waals surface area contributed by atoms with Gasteiger partial charge in [-0.3, -0.25) is 9.59 Å². The molecule has 0 saturated heterocycles. The molecule has 134 valence electrons. The maximum absolute atomic E-state index is 12.2. The second-order valence-electron chi connectivity index (χ2n) is 5.72. The highest BCUT2D eigenvalue weighted by molar-refractivity contribution is 6.32. The minimum atomic E-state index is -0.663. The van der Waals surface area contributed by atoms with Crippen LogP contribution in [0.1, 0.15) is 22.3 Å². The minimum absolute atomic E-state index is 0.0379. The first-order valence-electron chi connectivity index (χ1n) is 8.02. The van der Waals surface area contributed by atoms with Crippen LogP contribution in [0.25, 0.3) is 0 Å². The molecule has 0 aromatic heterocycles. The van der Waals surface area contributed by atoms with Gasteiger partial charge >= 0.3 is 5.97 Å². The van der Waals surface area contributed by atoms with E-state index in [4.69, 9.17) is 21.1 Å².